The number of aromatic nitrogens is 1. The van der Waals surface area contributed by atoms with Gasteiger partial charge in [0.25, 0.3) is 0 Å². The number of anilines is 1. The lowest BCUT2D eigenvalue weighted by Crippen LogP contribution is -2.32. The van der Waals surface area contributed by atoms with E-state index < -0.39 is 5.97 Å². The van der Waals surface area contributed by atoms with Gasteiger partial charge in [-0.05, 0) is 31.6 Å². The molecule has 0 amide bonds. The van der Waals surface area contributed by atoms with Crippen LogP contribution in [0.1, 0.15) is 43.7 Å². The minimum Gasteiger partial charge on any atom is -0.481 e. The molecule has 0 bridgehead atoms. The van der Waals surface area contributed by atoms with Crippen molar-refractivity contribution in [2.24, 2.45) is 5.92 Å². The van der Waals surface area contributed by atoms with Crippen LogP contribution in [0.5, 0.6) is 0 Å². The Morgan fingerprint density at radius 1 is 1.47 bits per heavy atom. The Morgan fingerprint density at radius 3 is 2.74 bits per heavy atom. The van der Waals surface area contributed by atoms with E-state index in [-0.39, 0.29) is 6.42 Å². The molecule has 5 heteroatoms. The molecule has 0 saturated carbocycles. The van der Waals surface area contributed by atoms with Crippen LogP contribution in [-0.2, 0) is 17.6 Å². The molecule has 2 heterocycles. The van der Waals surface area contributed by atoms with E-state index >= 15 is 0 Å². The van der Waals surface area contributed by atoms with Gasteiger partial charge < -0.3 is 10.0 Å². The van der Waals surface area contributed by atoms with Crippen LogP contribution < -0.4 is 4.90 Å². The van der Waals surface area contributed by atoms with Gasteiger partial charge in [0.2, 0.25) is 0 Å². The fourth-order valence-corrected chi connectivity index (χ4v) is 3.60. The van der Waals surface area contributed by atoms with E-state index in [1.54, 1.807) is 11.3 Å². The van der Waals surface area contributed by atoms with Crippen LogP contribution in [0.4, 0.5) is 5.13 Å². The Morgan fingerprint density at radius 2 is 2.16 bits per heavy atom. The highest BCUT2D eigenvalue weighted by atomic mass is 32.1. The molecule has 0 radical (unpaired) electrons. The van der Waals surface area contributed by atoms with Gasteiger partial charge in [-0.25, -0.2) is 4.98 Å². The molecule has 1 aliphatic heterocycles. The standard InChI is InChI=1S/C14H22N2O2S/c1-3-11-12(4-5-13(17)18)19-14(15-11)16-8-6-10(2)7-9-16/h10H,3-9H2,1-2H3,(H,17,18). The quantitative estimate of drug-likeness (QED) is 0.902. The molecule has 0 aromatic carbocycles. The third kappa shape index (κ3) is 3.69. The summed E-state index contributed by atoms with van der Waals surface area (Å²) in [5.74, 6) is 0.0807. The number of carbonyl (C=O) groups is 1. The number of piperidine rings is 1. The number of hydrogen-bond acceptors (Lipinski definition) is 4. The lowest BCUT2D eigenvalue weighted by atomic mass is 10.00. The molecule has 0 atom stereocenters. The minimum absolute atomic E-state index is 0.200. The SMILES string of the molecule is CCc1nc(N2CCC(C)CC2)sc1CCC(=O)O. The highest BCUT2D eigenvalue weighted by Crippen LogP contribution is 2.30. The molecule has 2 rings (SSSR count). The lowest BCUT2D eigenvalue weighted by molar-refractivity contribution is -0.136. The summed E-state index contributed by atoms with van der Waals surface area (Å²) in [6, 6.07) is 0. The molecular weight excluding hydrogens is 260 g/mol. The van der Waals surface area contributed by atoms with Crippen molar-refractivity contribution in [3.63, 3.8) is 0 Å². The molecule has 0 spiro atoms. The number of aryl methyl sites for hydroxylation is 2. The second kappa shape index (κ2) is 6.37. The van der Waals surface area contributed by atoms with E-state index in [1.807, 2.05) is 0 Å². The first-order chi connectivity index (χ1) is 9.10. The van der Waals surface area contributed by atoms with Crippen molar-refractivity contribution < 1.29 is 9.90 Å². The molecule has 1 fully saturated rings. The van der Waals surface area contributed by atoms with E-state index in [0.29, 0.717) is 6.42 Å². The first-order valence-electron chi connectivity index (χ1n) is 7.05. The molecule has 106 valence electrons. The molecule has 1 saturated heterocycles. The summed E-state index contributed by atoms with van der Waals surface area (Å²) in [5.41, 5.74) is 1.08. The predicted octanol–water partition coefficient (Wildman–Crippen LogP) is 2.96. The van der Waals surface area contributed by atoms with Gasteiger partial charge in [0, 0.05) is 18.0 Å². The summed E-state index contributed by atoms with van der Waals surface area (Å²) in [7, 11) is 0. The molecule has 1 aromatic heterocycles. The third-order valence-corrected chi connectivity index (χ3v) is 4.94. The zero-order chi connectivity index (χ0) is 13.8. The first kappa shape index (κ1) is 14.3. The second-order valence-electron chi connectivity index (χ2n) is 5.28. The molecule has 0 unspecified atom stereocenters. The van der Waals surface area contributed by atoms with Gasteiger partial charge in [0.1, 0.15) is 0 Å². The Hall–Kier alpha value is -1.10. The van der Waals surface area contributed by atoms with Gasteiger partial charge in [-0.1, -0.05) is 13.8 Å². The van der Waals surface area contributed by atoms with Gasteiger partial charge in [0.05, 0.1) is 12.1 Å². The third-order valence-electron chi connectivity index (χ3n) is 3.72. The van der Waals surface area contributed by atoms with Crippen LogP contribution in [0.15, 0.2) is 0 Å². The summed E-state index contributed by atoms with van der Waals surface area (Å²) in [4.78, 5) is 18.9. The van der Waals surface area contributed by atoms with E-state index in [1.165, 1.54) is 12.8 Å². The van der Waals surface area contributed by atoms with E-state index in [4.69, 9.17) is 10.1 Å². The summed E-state index contributed by atoms with van der Waals surface area (Å²) < 4.78 is 0. The minimum atomic E-state index is -0.733. The van der Waals surface area contributed by atoms with Crippen molar-refractivity contribution in [1.29, 1.82) is 0 Å². The van der Waals surface area contributed by atoms with Crippen molar-refractivity contribution in [2.75, 3.05) is 18.0 Å². The highest BCUT2D eigenvalue weighted by Gasteiger charge is 2.20. The van der Waals surface area contributed by atoms with Gasteiger partial charge in [0.15, 0.2) is 5.13 Å². The Bertz CT molecular complexity index is 437. The average Bonchev–Trinajstić information content (AvgIpc) is 2.80. The summed E-state index contributed by atoms with van der Waals surface area (Å²) in [6.45, 7) is 6.54. The number of nitrogens with zero attached hydrogens (tertiary/aromatic N) is 2. The molecule has 1 N–H and O–H groups in total. The number of carboxylic acid groups (broad SMARTS) is 1. The van der Waals surface area contributed by atoms with Crippen molar-refractivity contribution in [3.05, 3.63) is 10.6 Å². The fourth-order valence-electron chi connectivity index (χ4n) is 2.40. The van der Waals surface area contributed by atoms with E-state index in [2.05, 4.69) is 18.7 Å². The predicted molar refractivity (Wildman–Crippen MR) is 78.1 cm³/mol. The fraction of sp³-hybridized carbons (Fsp3) is 0.714. The maximum absolute atomic E-state index is 10.7. The summed E-state index contributed by atoms with van der Waals surface area (Å²) in [6.07, 6.45) is 4.15. The van der Waals surface area contributed by atoms with Crippen LogP contribution in [0.25, 0.3) is 0 Å². The molecule has 4 nitrogen and oxygen atoms in total. The van der Waals surface area contributed by atoms with Crippen molar-refractivity contribution in [1.82, 2.24) is 4.98 Å². The Balaban J connectivity index is 2.07. The number of rotatable bonds is 5. The van der Waals surface area contributed by atoms with Crippen LogP contribution in [0, 0.1) is 5.92 Å². The van der Waals surface area contributed by atoms with Gasteiger partial charge in [-0.15, -0.1) is 11.3 Å². The number of hydrogen-bond donors (Lipinski definition) is 1. The van der Waals surface area contributed by atoms with Crippen LogP contribution in [0.2, 0.25) is 0 Å². The molecule has 1 aliphatic rings. The van der Waals surface area contributed by atoms with Gasteiger partial charge in [-0.3, -0.25) is 4.79 Å². The van der Waals surface area contributed by atoms with E-state index in [0.717, 1.165) is 41.1 Å². The topological polar surface area (TPSA) is 53.4 Å². The lowest BCUT2D eigenvalue weighted by Gasteiger charge is -2.29. The number of thiazole rings is 1. The van der Waals surface area contributed by atoms with Crippen molar-refractivity contribution >= 4 is 22.4 Å². The zero-order valence-electron chi connectivity index (χ0n) is 11.7. The monoisotopic (exact) mass is 282 g/mol. The summed E-state index contributed by atoms with van der Waals surface area (Å²) in [5, 5.41) is 9.88. The largest absolute Gasteiger partial charge is 0.481 e. The van der Waals surface area contributed by atoms with Crippen molar-refractivity contribution in [3.8, 4) is 0 Å². The molecular formula is C14H22N2O2S. The Labute approximate surface area is 118 Å². The normalized spacial score (nSPS) is 16.8. The molecule has 1 aromatic rings. The smallest absolute Gasteiger partial charge is 0.303 e. The number of aliphatic carboxylic acids is 1. The van der Waals surface area contributed by atoms with Gasteiger partial charge in [-0.2, -0.15) is 0 Å². The second-order valence-corrected chi connectivity index (χ2v) is 6.35. The average molecular weight is 282 g/mol. The Kier molecular flexibility index (Phi) is 4.80. The molecule has 19 heavy (non-hydrogen) atoms. The number of carboxylic acids is 1. The molecule has 0 aliphatic carbocycles. The maximum atomic E-state index is 10.7. The van der Waals surface area contributed by atoms with Gasteiger partial charge >= 0.3 is 5.97 Å². The van der Waals surface area contributed by atoms with Crippen LogP contribution in [-0.4, -0.2) is 29.1 Å². The first-order valence-corrected chi connectivity index (χ1v) is 7.87. The maximum Gasteiger partial charge on any atom is 0.303 e. The van der Waals surface area contributed by atoms with Crippen molar-refractivity contribution in [2.45, 2.75) is 46.0 Å². The van der Waals surface area contributed by atoms with E-state index in [9.17, 15) is 4.79 Å². The highest BCUT2D eigenvalue weighted by molar-refractivity contribution is 7.15. The van der Waals surface area contributed by atoms with Crippen LogP contribution >= 0.6 is 11.3 Å². The summed E-state index contributed by atoms with van der Waals surface area (Å²) >= 11 is 1.69. The zero-order valence-corrected chi connectivity index (χ0v) is 12.5. The van der Waals surface area contributed by atoms with Crippen LogP contribution in [0.3, 0.4) is 0 Å².